The van der Waals surface area contributed by atoms with Gasteiger partial charge in [0.2, 0.25) is 0 Å². The maximum Gasteiger partial charge on any atom is 0.303 e. The molecule has 0 bridgehead atoms. The standard InChI is InChI=1S/C17H27FO3.C2H6/c1-3-4-6-13(2)21-12-16(18)10-9-14-7-5-8-15(14)11-17(19)20;1-2/h3-4,6,14-16H,5,7-12H2,1-2H3,(H,19,20);1-2H3/b4-3-,13-6+;/t14?,15-,16?;/m1./s1. The van der Waals surface area contributed by atoms with Gasteiger partial charge in [0.1, 0.15) is 12.8 Å². The van der Waals surface area contributed by atoms with E-state index >= 15 is 0 Å². The highest BCUT2D eigenvalue weighted by atomic mass is 19.1. The Bertz CT molecular complexity index is 377. The predicted octanol–water partition coefficient (Wildman–Crippen LogP) is 5.52. The molecule has 0 spiro atoms. The average Bonchev–Trinajstić information content (AvgIpc) is 2.97. The molecule has 1 fully saturated rings. The second-order valence-electron chi connectivity index (χ2n) is 5.84. The van der Waals surface area contributed by atoms with Gasteiger partial charge in [-0.05, 0) is 51.0 Å². The highest BCUT2D eigenvalue weighted by Gasteiger charge is 2.29. The monoisotopic (exact) mass is 328 g/mol. The van der Waals surface area contributed by atoms with E-state index < -0.39 is 12.1 Å². The van der Waals surface area contributed by atoms with Crippen LogP contribution < -0.4 is 0 Å². The summed E-state index contributed by atoms with van der Waals surface area (Å²) in [6.07, 6.45) is 9.10. The van der Waals surface area contributed by atoms with Crippen LogP contribution in [0.5, 0.6) is 0 Å². The number of ether oxygens (including phenoxy) is 1. The van der Waals surface area contributed by atoms with Gasteiger partial charge in [0.05, 0.1) is 5.76 Å². The Hall–Kier alpha value is -1.32. The molecular weight excluding hydrogens is 295 g/mol. The zero-order valence-electron chi connectivity index (χ0n) is 15.1. The quantitative estimate of drug-likeness (QED) is 0.448. The number of carbonyl (C=O) groups is 1. The molecule has 1 saturated carbocycles. The Balaban J connectivity index is 0.00000232. The summed E-state index contributed by atoms with van der Waals surface area (Å²) in [5.41, 5.74) is 0. The van der Waals surface area contributed by atoms with Crippen LogP contribution in [-0.2, 0) is 9.53 Å². The van der Waals surface area contributed by atoms with Gasteiger partial charge < -0.3 is 9.84 Å². The van der Waals surface area contributed by atoms with E-state index in [1.807, 2.05) is 45.9 Å². The van der Waals surface area contributed by atoms with Crippen LogP contribution >= 0.6 is 0 Å². The summed E-state index contributed by atoms with van der Waals surface area (Å²) in [7, 11) is 0. The summed E-state index contributed by atoms with van der Waals surface area (Å²) < 4.78 is 19.2. The lowest BCUT2D eigenvalue weighted by Gasteiger charge is -2.19. The summed E-state index contributed by atoms with van der Waals surface area (Å²) >= 11 is 0. The van der Waals surface area contributed by atoms with Crippen LogP contribution in [0.15, 0.2) is 24.0 Å². The minimum absolute atomic E-state index is 0.0796. The van der Waals surface area contributed by atoms with Crippen LogP contribution in [0.4, 0.5) is 4.39 Å². The lowest BCUT2D eigenvalue weighted by atomic mass is 9.88. The number of hydrogen-bond donors (Lipinski definition) is 1. The SMILES string of the molecule is C/C=C\C=C(/C)OCC(F)CCC1CCC[C@@H]1CC(=O)O.CC. The van der Waals surface area contributed by atoms with Crippen molar-refractivity contribution < 1.29 is 19.0 Å². The first kappa shape index (κ1) is 21.7. The molecule has 2 unspecified atom stereocenters. The van der Waals surface area contributed by atoms with Crippen molar-refractivity contribution in [1.29, 1.82) is 0 Å². The normalized spacial score (nSPS) is 22.6. The van der Waals surface area contributed by atoms with Crippen molar-refractivity contribution >= 4 is 5.97 Å². The molecule has 1 N–H and O–H groups in total. The van der Waals surface area contributed by atoms with Crippen molar-refractivity contribution in [2.75, 3.05) is 6.61 Å². The molecule has 0 aliphatic heterocycles. The maximum atomic E-state index is 13.8. The Kier molecular flexibility index (Phi) is 12.4. The van der Waals surface area contributed by atoms with E-state index in [9.17, 15) is 9.18 Å². The molecule has 3 nitrogen and oxygen atoms in total. The predicted molar refractivity (Wildman–Crippen MR) is 93.1 cm³/mol. The van der Waals surface area contributed by atoms with Crippen LogP contribution in [-0.4, -0.2) is 23.9 Å². The second kappa shape index (κ2) is 13.1. The minimum Gasteiger partial charge on any atom is -0.495 e. The average molecular weight is 328 g/mol. The summed E-state index contributed by atoms with van der Waals surface area (Å²) in [6.45, 7) is 7.81. The van der Waals surface area contributed by atoms with E-state index in [-0.39, 0.29) is 18.9 Å². The zero-order chi connectivity index (χ0) is 17.7. The summed E-state index contributed by atoms with van der Waals surface area (Å²) in [5.74, 6) is 0.558. The maximum absolute atomic E-state index is 13.8. The Morgan fingerprint density at radius 1 is 1.35 bits per heavy atom. The van der Waals surface area contributed by atoms with Crippen LogP contribution in [0.2, 0.25) is 0 Å². The number of alkyl halides is 1. The van der Waals surface area contributed by atoms with Crippen molar-refractivity contribution in [3.8, 4) is 0 Å². The third-order valence-electron chi connectivity index (χ3n) is 4.12. The number of carboxylic acid groups (broad SMARTS) is 1. The fraction of sp³-hybridized carbons (Fsp3) is 0.737. The molecular formula is C19H33FO3. The van der Waals surface area contributed by atoms with Gasteiger partial charge in [-0.1, -0.05) is 38.8 Å². The van der Waals surface area contributed by atoms with Gasteiger partial charge in [-0.3, -0.25) is 4.79 Å². The van der Waals surface area contributed by atoms with E-state index in [1.54, 1.807) is 0 Å². The number of rotatable bonds is 9. The van der Waals surface area contributed by atoms with E-state index in [0.717, 1.165) is 25.7 Å². The minimum atomic E-state index is -0.981. The van der Waals surface area contributed by atoms with Gasteiger partial charge in [-0.2, -0.15) is 0 Å². The van der Waals surface area contributed by atoms with Gasteiger partial charge in [-0.25, -0.2) is 4.39 Å². The van der Waals surface area contributed by atoms with Crippen molar-refractivity contribution in [3.05, 3.63) is 24.0 Å². The van der Waals surface area contributed by atoms with Crippen molar-refractivity contribution in [2.45, 2.75) is 72.4 Å². The molecule has 1 aliphatic rings. The fourth-order valence-corrected chi connectivity index (χ4v) is 2.97. The van der Waals surface area contributed by atoms with Crippen molar-refractivity contribution in [2.24, 2.45) is 11.8 Å². The molecule has 0 amide bonds. The number of carboxylic acids is 1. The van der Waals surface area contributed by atoms with Gasteiger partial charge in [0.25, 0.3) is 0 Å². The molecule has 0 saturated heterocycles. The van der Waals surface area contributed by atoms with E-state index in [4.69, 9.17) is 9.84 Å². The van der Waals surface area contributed by atoms with Gasteiger partial charge in [0.15, 0.2) is 0 Å². The fourth-order valence-electron chi connectivity index (χ4n) is 2.97. The summed E-state index contributed by atoms with van der Waals surface area (Å²) in [6, 6.07) is 0. The van der Waals surface area contributed by atoms with Crippen LogP contribution in [0, 0.1) is 11.8 Å². The first-order chi connectivity index (χ1) is 11.0. The van der Waals surface area contributed by atoms with Crippen LogP contribution in [0.1, 0.15) is 66.2 Å². The molecule has 0 aromatic carbocycles. The molecule has 4 heteroatoms. The summed E-state index contributed by atoms with van der Waals surface area (Å²) in [4.78, 5) is 10.8. The molecule has 0 aromatic heterocycles. The highest BCUT2D eigenvalue weighted by Crippen LogP contribution is 2.37. The molecule has 3 atom stereocenters. The number of hydrogen-bond acceptors (Lipinski definition) is 2. The van der Waals surface area contributed by atoms with Crippen molar-refractivity contribution in [3.63, 3.8) is 0 Å². The third kappa shape index (κ3) is 10.1. The molecule has 0 aromatic rings. The number of halogens is 1. The van der Waals surface area contributed by atoms with Crippen molar-refractivity contribution in [1.82, 2.24) is 0 Å². The van der Waals surface area contributed by atoms with E-state index in [0.29, 0.717) is 18.1 Å². The molecule has 1 aliphatic carbocycles. The molecule has 23 heavy (non-hydrogen) atoms. The molecule has 0 heterocycles. The summed E-state index contributed by atoms with van der Waals surface area (Å²) in [5, 5.41) is 8.88. The first-order valence-electron chi connectivity index (χ1n) is 8.81. The zero-order valence-corrected chi connectivity index (χ0v) is 15.1. The number of aliphatic carboxylic acids is 1. The lowest BCUT2D eigenvalue weighted by Crippen LogP contribution is -2.16. The Labute approximate surface area is 140 Å². The highest BCUT2D eigenvalue weighted by molar-refractivity contribution is 5.67. The van der Waals surface area contributed by atoms with Gasteiger partial charge in [-0.15, -0.1) is 0 Å². The van der Waals surface area contributed by atoms with Gasteiger partial charge in [0, 0.05) is 6.42 Å². The first-order valence-corrected chi connectivity index (χ1v) is 8.81. The largest absolute Gasteiger partial charge is 0.495 e. The topological polar surface area (TPSA) is 46.5 Å². The van der Waals surface area contributed by atoms with E-state index in [1.165, 1.54) is 0 Å². The molecule has 0 radical (unpaired) electrons. The lowest BCUT2D eigenvalue weighted by molar-refractivity contribution is -0.138. The van der Waals surface area contributed by atoms with Crippen LogP contribution in [0.25, 0.3) is 0 Å². The third-order valence-corrected chi connectivity index (χ3v) is 4.12. The second-order valence-corrected chi connectivity index (χ2v) is 5.84. The molecule has 1 rings (SSSR count). The number of allylic oxidation sites excluding steroid dienone is 4. The Morgan fingerprint density at radius 3 is 2.61 bits per heavy atom. The Morgan fingerprint density at radius 2 is 2.00 bits per heavy atom. The van der Waals surface area contributed by atoms with Crippen LogP contribution in [0.3, 0.4) is 0 Å². The molecule has 134 valence electrons. The van der Waals surface area contributed by atoms with E-state index in [2.05, 4.69) is 0 Å². The van der Waals surface area contributed by atoms with Gasteiger partial charge >= 0.3 is 5.97 Å². The smallest absolute Gasteiger partial charge is 0.303 e.